The largest absolute Gasteiger partial charge is 0.346 e. The molecule has 2 rings (SSSR count). The van der Waals surface area contributed by atoms with Crippen LogP contribution in [0.3, 0.4) is 0 Å². The van der Waals surface area contributed by atoms with Gasteiger partial charge in [-0.15, -0.1) is 0 Å². The minimum absolute atomic E-state index is 0.0471. The third-order valence-corrected chi connectivity index (χ3v) is 4.82. The van der Waals surface area contributed by atoms with Gasteiger partial charge in [-0.05, 0) is 30.7 Å². The van der Waals surface area contributed by atoms with Crippen LogP contribution in [0.5, 0.6) is 0 Å². The summed E-state index contributed by atoms with van der Waals surface area (Å²) in [6, 6.07) is 13.5. The van der Waals surface area contributed by atoms with Crippen LogP contribution in [0.4, 0.5) is 0 Å². The zero-order chi connectivity index (χ0) is 16.3. The zero-order valence-corrected chi connectivity index (χ0v) is 13.8. The molecule has 1 atom stereocenters. The first kappa shape index (κ1) is 16.5. The van der Waals surface area contributed by atoms with Gasteiger partial charge in [0.2, 0.25) is 0 Å². The monoisotopic (exact) mass is 337 g/mol. The molecule has 4 nitrogen and oxygen atoms in total. The molecular weight excluding hydrogens is 322 g/mol. The summed E-state index contributed by atoms with van der Waals surface area (Å²) in [6.07, 6.45) is 1.06. The van der Waals surface area contributed by atoms with Gasteiger partial charge >= 0.3 is 0 Å². The molecule has 0 saturated heterocycles. The van der Waals surface area contributed by atoms with Crippen LogP contribution >= 0.6 is 11.6 Å². The molecule has 0 spiro atoms. The topological polar surface area (TPSA) is 63.2 Å². The van der Waals surface area contributed by atoms with Crippen LogP contribution in [-0.4, -0.2) is 20.6 Å². The predicted molar refractivity (Wildman–Crippen MR) is 86.9 cm³/mol. The lowest BCUT2D eigenvalue weighted by Gasteiger charge is -2.15. The number of rotatable bonds is 4. The molecule has 1 amide bonds. The third-order valence-electron chi connectivity index (χ3n) is 3.24. The fraction of sp³-hybridized carbons (Fsp3) is 0.188. The van der Waals surface area contributed by atoms with Crippen molar-refractivity contribution in [2.75, 3.05) is 6.26 Å². The van der Waals surface area contributed by atoms with Crippen molar-refractivity contribution in [2.24, 2.45) is 0 Å². The molecular formula is C16H16ClNO3S. The summed E-state index contributed by atoms with van der Waals surface area (Å²) in [4.78, 5) is 12.2. The van der Waals surface area contributed by atoms with E-state index in [4.69, 9.17) is 11.6 Å². The normalized spacial score (nSPS) is 12.7. The van der Waals surface area contributed by atoms with Gasteiger partial charge in [0.25, 0.3) is 5.91 Å². The SMILES string of the molecule is C[C@@H](NC(=O)c1ccc(Cl)c(S(C)(=O)=O)c1)c1ccccc1. The Hall–Kier alpha value is -1.85. The Balaban J connectivity index is 2.24. The van der Waals surface area contributed by atoms with Gasteiger partial charge < -0.3 is 5.32 Å². The highest BCUT2D eigenvalue weighted by Gasteiger charge is 2.17. The van der Waals surface area contributed by atoms with E-state index in [9.17, 15) is 13.2 Å². The molecule has 2 aromatic carbocycles. The number of nitrogens with one attached hydrogen (secondary N) is 1. The minimum Gasteiger partial charge on any atom is -0.346 e. The highest BCUT2D eigenvalue weighted by Crippen LogP contribution is 2.23. The Morgan fingerprint density at radius 3 is 2.36 bits per heavy atom. The van der Waals surface area contributed by atoms with Crippen LogP contribution < -0.4 is 5.32 Å². The van der Waals surface area contributed by atoms with E-state index >= 15 is 0 Å². The van der Waals surface area contributed by atoms with Gasteiger partial charge in [0.1, 0.15) is 0 Å². The number of hydrogen-bond acceptors (Lipinski definition) is 3. The lowest BCUT2D eigenvalue weighted by molar-refractivity contribution is 0.0939. The number of carbonyl (C=O) groups excluding carboxylic acids is 1. The van der Waals surface area contributed by atoms with Crippen LogP contribution in [0.1, 0.15) is 28.9 Å². The number of benzene rings is 2. The smallest absolute Gasteiger partial charge is 0.251 e. The van der Waals surface area contributed by atoms with E-state index in [0.29, 0.717) is 0 Å². The summed E-state index contributed by atoms with van der Waals surface area (Å²) in [5, 5.41) is 2.94. The Bertz CT molecular complexity index is 788. The third kappa shape index (κ3) is 3.87. The molecule has 0 aromatic heterocycles. The van der Waals surface area contributed by atoms with Crippen LogP contribution in [-0.2, 0) is 9.84 Å². The molecule has 1 N–H and O–H groups in total. The van der Waals surface area contributed by atoms with Crippen LogP contribution in [0.25, 0.3) is 0 Å². The van der Waals surface area contributed by atoms with E-state index in [2.05, 4.69) is 5.32 Å². The van der Waals surface area contributed by atoms with Crippen molar-refractivity contribution in [1.82, 2.24) is 5.32 Å². The number of halogens is 1. The molecule has 116 valence electrons. The summed E-state index contributed by atoms with van der Waals surface area (Å²) in [5.74, 6) is -0.349. The van der Waals surface area contributed by atoms with Crippen molar-refractivity contribution >= 4 is 27.3 Å². The fourth-order valence-electron chi connectivity index (χ4n) is 2.03. The second kappa shape index (κ2) is 6.50. The number of carbonyl (C=O) groups is 1. The van der Waals surface area contributed by atoms with Gasteiger partial charge in [-0.2, -0.15) is 0 Å². The highest BCUT2D eigenvalue weighted by molar-refractivity contribution is 7.90. The highest BCUT2D eigenvalue weighted by atomic mass is 35.5. The molecule has 0 unspecified atom stereocenters. The molecule has 6 heteroatoms. The molecule has 2 aromatic rings. The first-order valence-corrected chi connectivity index (χ1v) is 8.91. The van der Waals surface area contributed by atoms with Crippen LogP contribution in [0.15, 0.2) is 53.4 Å². The van der Waals surface area contributed by atoms with Gasteiger partial charge in [0.15, 0.2) is 9.84 Å². The van der Waals surface area contributed by atoms with Gasteiger partial charge in [-0.3, -0.25) is 4.79 Å². The van der Waals surface area contributed by atoms with Gasteiger partial charge in [0, 0.05) is 11.8 Å². The Labute approximate surface area is 135 Å². The quantitative estimate of drug-likeness (QED) is 0.931. The molecule has 0 bridgehead atoms. The summed E-state index contributed by atoms with van der Waals surface area (Å²) >= 11 is 5.88. The number of amides is 1. The molecule has 0 fully saturated rings. The number of hydrogen-bond donors (Lipinski definition) is 1. The maximum Gasteiger partial charge on any atom is 0.251 e. The molecule has 0 aliphatic carbocycles. The number of sulfone groups is 1. The lowest BCUT2D eigenvalue weighted by Crippen LogP contribution is -2.26. The Morgan fingerprint density at radius 2 is 1.77 bits per heavy atom. The first-order chi connectivity index (χ1) is 10.3. The average molecular weight is 338 g/mol. The van der Waals surface area contributed by atoms with E-state index in [0.717, 1.165) is 11.8 Å². The van der Waals surface area contributed by atoms with Crippen molar-refractivity contribution in [3.63, 3.8) is 0 Å². The van der Waals surface area contributed by atoms with Gasteiger partial charge in [-0.25, -0.2) is 8.42 Å². The van der Waals surface area contributed by atoms with Gasteiger partial charge in [0.05, 0.1) is 16.0 Å². The van der Waals surface area contributed by atoms with Crippen molar-refractivity contribution in [3.8, 4) is 0 Å². The summed E-state index contributed by atoms with van der Waals surface area (Å²) < 4.78 is 23.3. The zero-order valence-electron chi connectivity index (χ0n) is 12.2. The van der Waals surface area contributed by atoms with Gasteiger partial charge in [-0.1, -0.05) is 41.9 Å². The summed E-state index contributed by atoms with van der Waals surface area (Å²) in [5.41, 5.74) is 1.22. The molecule has 0 radical (unpaired) electrons. The van der Waals surface area contributed by atoms with E-state index in [1.54, 1.807) is 0 Å². The van der Waals surface area contributed by atoms with E-state index in [1.165, 1.54) is 18.2 Å². The minimum atomic E-state index is -3.48. The van der Waals surface area contributed by atoms with Crippen molar-refractivity contribution < 1.29 is 13.2 Å². The summed E-state index contributed by atoms with van der Waals surface area (Å²) in [6.45, 7) is 1.86. The fourth-order valence-corrected chi connectivity index (χ4v) is 3.34. The van der Waals surface area contributed by atoms with Crippen LogP contribution in [0, 0.1) is 0 Å². The standard InChI is InChI=1S/C16H16ClNO3S/c1-11(12-6-4-3-5-7-12)18-16(19)13-8-9-14(17)15(10-13)22(2,20)21/h3-11H,1-2H3,(H,18,19)/t11-/m1/s1. The second-order valence-electron chi connectivity index (χ2n) is 5.02. The molecule has 0 heterocycles. The van der Waals surface area contributed by atoms with Crippen molar-refractivity contribution in [2.45, 2.75) is 17.9 Å². The Morgan fingerprint density at radius 1 is 1.14 bits per heavy atom. The van der Waals surface area contributed by atoms with Crippen LogP contribution in [0.2, 0.25) is 5.02 Å². The van der Waals surface area contributed by atoms with E-state index in [-0.39, 0.29) is 27.4 Å². The maximum absolute atomic E-state index is 12.3. The Kier molecular flexibility index (Phi) is 4.88. The molecule has 22 heavy (non-hydrogen) atoms. The van der Waals surface area contributed by atoms with Crippen molar-refractivity contribution in [3.05, 3.63) is 64.7 Å². The molecule has 0 saturated carbocycles. The van der Waals surface area contributed by atoms with E-state index < -0.39 is 9.84 Å². The predicted octanol–water partition coefficient (Wildman–Crippen LogP) is 3.23. The molecule has 0 aliphatic heterocycles. The second-order valence-corrected chi connectivity index (χ2v) is 7.41. The summed E-state index contributed by atoms with van der Waals surface area (Å²) in [7, 11) is -3.48. The van der Waals surface area contributed by atoms with Crippen molar-refractivity contribution in [1.29, 1.82) is 0 Å². The molecule has 0 aliphatic rings. The first-order valence-electron chi connectivity index (χ1n) is 6.64. The lowest BCUT2D eigenvalue weighted by atomic mass is 10.1. The van der Waals surface area contributed by atoms with E-state index in [1.807, 2.05) is 37.3 Å². The maximum atomic E-state index is 12.3. The average Bonchev–Trinajstić information content (AvgIpc) is 2.47.